The number of ether oxygens (including phenoxy) is 5. The van der Waals surface area contributed by atoms with E-state index in [9.17, 15) is 39.9 Å². The van der Waals surface area contributed by atoms with Gasteiger partial charge < -0.3 is 25.4 Å². The van der Waals surface area contributed by atoms with Crippen molar-refractivity contribution in [3.63, 3.8) is 0 Å². The maximum Gasteiger partial charge on any atom is 0.496 e. The van der Waals surface area contributed by atoms with Crippen molar-refractivity contribution in [1.29, 1.82) is 0 Å². The molecule has 1 atom stereocenters. The molecule has 4 N–H and O–H groups in total. The van der Waals surface area contributed by atoms with Gasteiger partial charge in [0.25, 0.3) is 0 Å². The van der Waals surface area contributed by atoms with E-state index in [1.54, 1.807) is 26.0 Å². The fraction of sp³-hybridized carbons (Fsp3) is 0.516. The lowest BCUT2D eigenvalue weighted by molar-refractivity contribution is -0.574. The van der Waals surface area contributed by atoms with Crippen LogP contribution >= 0.6 is 0 Å². The molecule has 48 heavy (non-hydrogen) atoms. The number of nitrogens with two attached hydrogens (primary N) is 2. The molecule has 0 fully saturated rings. The van der Waals surface area contributed by atoms with Gasteiger partial charge in [-0.2, -0.15) is 17.6 Å². The minimum Gasteiger partial charge on any atom is -0.484 e. The normalized spacial score (nSPS) is 14.3. The number of furan rings is 1. The third-order valence-electron chi connectivity index (χ3n) is 6.91. The molecule has 0 spiro atoms. The Kier molecular flexibility index (Phi) is 11.5. The summed E-state index contributed by atoms with van der Waals surface area (Å²) in [5.74, 6) is -1.21. The summed E-state index contributed by atoms with van der Waals surface area (Å²) >= 11 is 0. The first-order chi connectivity index (χ1) is 21.8. The smallest absolute Gasteiger partial charge is 0.484 e. The predicted molar refractivity (Wildman–Crippen MR) is 155 cm³/mol. The molecule has 2 aromatic carbocycles. The van der Waals surface area contributed by atoms with E-state index in [0.717, 1.165) is 11.1 Å². The van der Waals surface area contributed by atoms with Crippen LogP contribution < -0.4 is 16.2 Å². The van der Waals surface area contributed by atoms with Crippen LogP contribution in [0.2, 0.25) is 0 Å². The van der Waals surface area contributed by atoms with E-state index in [-0.39, 0.29) is 17.8 Å². The zero-order chi connectivity index (χ0) is 36.3. The van der Waals surface area contributed by atoms with Crippen LogP contribution in [0.1, 0.15) is 46.6 Å². The van der Waals surface area contributed by atoms with Gasteiger partial charge in [0, 0.05) is 28.6 Å². The summed E-state index contributed by atoms with van der Waals surface area (Å²) in [5.41, 5.74) is 11.2. The number of aryl methyl sites for hydroxylation is 1. The number of hydrogen-bond acceptors (Lipinski definition) is 9. The molecular formula is C31H36F8N2O7. The lowest BCUT2D eigenvalue weighted by Crippen LogP contribution is -2.51. The first kappa shape index (κ1) is 38.9. The average molecular weight is 701 g/mol. The van der Waals surface area contributed by atoms with Crippen LogP contribution in [0.15, 0.2) is 52.9 Å². The van der Waals surface area contributed by atoms with Crippen LogP contribution in [0.25, 0.3) is 22.3 Å². The molecule has 1 aromatic heterocycles. The third-order valence-corrected chi connectivity index (χ3v) is 6.91. The summed E-state index contributed by atoms with van der Waals surface area (Å²) in [6.07, 6.45) is -21.2. The number of carbonyl (C=O) groups excluding carboxylic acids is 1. The molecule has 0 saturated carbocycles. The molecule has 3 aromatic rings. The molecule has 0 bridgehead atoms. The molecule has 0 aliphatic rings. The Morgan fingerprint density at radius 2 is 1.42 bits per heavy atom. The number of benzene rings is 2. The fourth-order valence-corrected chi connectivity index (χ4v) is 4.37. The second kappa shape index (κ2) is 14.2. The molecule has 0 aliphatic carbocycles. The van der Waals surface area contributed by atoms with Crippen LogP contribution in [0.3, 0.4) is 0 Å². The average Bonchev–Trinajstić information content (AvgIpc) is 3.35. The first-order valence-electron chi connectivity index (χ1n) is 14.4. The van der Waals surface area contributed by atoms with E-state index < -0.39 is 61.0 Å². The number of fused-ring (bicyclic) bond motifs is 1. The molecule has 1 heterocycles. The van der Waals surface area contributed by atoms with Gasteiger partial charge in [0.05, 0.1) is 5.41 Å². The van der Waals surface area contributed by atoms with Crippen LogP contribution in [0, 0.1) is 5.41 Å². The zero-order valence-corrected chi connectivity index (χ0v) is 26.6. The van der Waals surface area contributed by atoms with Gasteiger partial charge in [0.1, 0.15) is 17.1 Å². The monoisotopic (exact) mass is 700 g/mol. The van der Waals surface area contributed by atoms with Crippen molar-refractivity contribution in [2.75, 3.05) is 13.2 Å². The predicted octanol–water partition coefficient (Wildman–Crippen LogP) is 7.40. The Labute approximate surface area is 270 Å². The first-order valence-corrected chi connectivity index (χ1v) is 14.4. The standard InChI is InChI=1S/C31H36F8N2O7/c1-6-18-9-7-8-10-21(18)23-13-19-11-12-20(14-22(19)45-23)43-16-28(32,33)46-30(36,37)48-31(38,39)47-29(34,35)17-44-25(42)27(4,5)24(40)15-26(2,3)41/h7-14,24H,6,15-17,40-41H2,1-5H3. The van der Waals surface area contributed by atoms with E-state index in [1.807, 2.05) is 25.1 Å². The maximum absolute atomic E-state index is 14.2. The SMILES string of the molecule is CCc1ccccc1-c1cc2ccc(OCC(F)(F)OC(F)(F)OC(F)(F)OC(F)(F)COC(=O)C(C)(C)C(N)CC(C)(C)N)cc2o1. The van der Waals surface area contributed by atoms with Gasteiger partial charge >= 0.3 is 30.8 Å². The molecule has 9 nitrogen and oxygen atoms in total. The van der Waals surface area contributed by atoms with Gasteiger partial charge in [-0.1, -0.05) is 31.2 Å². The number of rotatable bonds is 17. The number of alkyl halides is 8. The summed E-state index contributed by atoms with van der Waals surface area (Å²) in [6, 6.07) is 11.9. The molecule has 3 rings (SSSR count). The van der Waals surface area contributed by atoms with Gasteiger partial charge in [-0.15, -0.1) is 17.6 Å². The van der Waals surface area contributed by atoms with E-state index in [1.165, 1.54) is 32.0 Å². The molecule has 1 unspecified atom stereocenters. The lowest BCUT2D eigenvalue weighted by Gasteiger charge is -2.34. The molecule has 0 amide bonds. The Bertz CT molecular complexity index is 1560. The van der Waals surface area contributed by atoms with Gasteiger partial charge in [0.2, 0.25) is 0 Å². The highest BCUT2D eigenvalue weighted by molar-refractivity contribution is 5.84. The minimum atomic E-state index is -5.93. The Hall–Kier alpha value is -3.51. The highest BCUT2D eigenvalue weighted by atomic mass is 19.3. The van der Waals surface area contributed by atoms with Crippen molar-refractivity contribution in [3.8, 4) is 17.1 Å². The van der Waals surface area contributed by atoms with Crippen LogP contribution in [-0.2, 0) is 30.2 Å². The summed E-state index contributed by atoms with van der Waals surface area (Å²) in [4.78, 5) is 12.3. The van der Waals surface area contributed by atoms with Crippen molar-refractivity contribution in [2.45, 2.75) is 83.8 Å². The van der Waals surface area contributed by atoms with Crippen LogP contribution in [-0.4, -0.2) is 55.6 Å². The van der Waals surface area contributed by atoms with Crippen molar-refractivity contribution >= 4 is 16.9 Å². The van der Waals surface area contributed by atoms with Crippen molar-refractivity contribution in [1.82, 2.24) is 0 Å². The largest absolute Gasteiger partial charge is 0.496 e. The van der Waals surface area contributed by atoms with Crippen LogP contribution in [0.4, 0.5) is 35.1 Å². The maximum atomic E-state index is 14.2. The second-order valence-corrected chi connectivity index (χ2v) is 12.2. The van der Waals surface area contributed by atoms with Crippen molar-refractivity contribution in [3.05, 3.63) is 54.1 Å². The fourth-order valence-electron chi connectivity index (χ4n) is 4.37. The molecule has 0 radical (unpaired) electrons. The van der Waals surface area contributed by atoms with E-state index in [2.05, 4.69) is 18.9 Å². The lowest BCUT2D eigenvalue weighted by atomic mass is 9.79. The highest BCUT2D eigenvalue weighted by Gasteiger charge is 2.57. The third kappa shape index (κ3) is 11.0. The minimum absolute atomic E-state index is 0.0211. The van der Waals surface area contributed by atoms with Crippen molar-refractivity contribution in [2.24, 2.45) is 16.9 Å². The van der Waals surface area contributed by atoms with Gasteiger partial charge in [0.15, 0.2) is 13.2 Å². The van der Waals surface area contributed by atoms with Gasteiger partial charge in [-0.3, -0.25) is 4.79 Å². The number of halogens is 8. The highest BCUT2D eigenvalue weighted by Crippen LogP contribution is 2.38. The summed E-state index contributed by atoms with van der Waals surface area (Å²) < 4.78 is 136. The Morgan fingerprint density at radius 1 is 0.833 bits per heavy atom. The molecule has 0 saturated heterocycles. The van der Waals surface area contributed by atoms with Crippen LogP contribution in [0.5, 0.6) is 5.75 Å². The topological polar surface area (TPSA) is 128 Å². The van der Waals surface area contributed by atoms with E-state index >= 15 is 0 Å². The molecule has 17 heteroatoms. The molecular weight excluding hydrogens is 664 g/mol. The number of esters is 1. The summed E-state index contributed by atoms with van der Waals surface area (Å²) in [7, 11) is 0. The van der Waals surface area contributed by atoms with E-state index in [4.69, 9.17) is 20.6 Å². The Morgan fingerprint density at radius 3 is 2.00 bits per heavy atom. The van der Waals surface area contributed by atoms with Gasteiger partial charge in [-0.25, -0.2) is 14.2 Å². The summed E-state index contributed by atoms with van der Waals surface area (Å²) in [5, 5.41) is 0.558. The van der Waals surface area contributed by atoms with Crippen molar-refractivity contribution < 1.29 is 68.0 Å². The zero-order valence-electron chi connectivity index (χ0n) is 26.6. The Balaban J connectivity index is 1.58. The quantitative estimate of drug-likeness (QED) is 0.0841. The molecule has 268 valence electrons. The summed E-state index contributed by atoms with van der Waals surface area (Å²) in [6.45, 7) is 3.37. The second-order valence-electron chi connectivity index (χ2n) is 12.2. The molecule has 0 aliphatic heterocycles. The number of hydrogen-bond donors (Lipinski definition) is 2. The van der Waals surface area contributed by atoms with Gasteiger partial charge in [-0.05, 0) is 64.3 Å². The van der Waals surface area contributed by atoms with E-state index in [0.29, 0.717) is 17.6 Å². The number of carbonyl (C=O) groups is 1.